The Morgan fingerprint density at radius 3 is 3.55 bits per heavy atom. The maximum absolute atomic E-state index is 7.79. The Morgan fingerprint density at radius 2 is 2.64 bits per heavy atom. The Morgan fingerprint density at radius 1 is 1.73 bits per heavy atom. The van der Waals surface area contributed by atoms with Crippen LogP contribution in [0.2, 0.25) is 0 Å². The summed E-state index contributed by atoms with van der Waals surface area (Å²) in [5.74, 6) is 0.991. The van der Waals surface area contributed by atoms with Gasteiger partial charge >= 0.3 is 0 Å². The van der Waals surface area contributed by atoms with Crippen LogP contribution < -0.4 is 0 Å². The summed E-state index contributed by atoms with van der Waals surface area (Å²) in [6, 6.07) is 0.791. The van der Waals surface area contributed by atoms with Crippen molar-refractivity contribution in [3.63, 3.8) is 0 Å². The highest BCUT2D eigenvalue weighted by atomic mass is 16.5. The van der Waals surface area contributed by atoms with Gasteiger partial charge in [-0.2, -0.15) is 0 Å². The fourth-order valence-electron chi connectivity index (χ4n) is 1.58. The third-order valence-corrected chi connectivity index (χ3v) is 2.19. The second-order valence-corrected chi connectivity index (χ2v) is 3.25. The second-order valence-electron chi connectivity index (χ2n) is 3.25. The molecule has 0 unspecified atom stereocenters. The molecule has 0 saturated heterocycles. The van der Waals surface area contributed by atoms with Crippen LogP contribution in [0.5, 0.6) is 0 Å². The van der Waals surface area contributed by atoms with Crippen molar-refractivity contribution in [1.29, 1.82) is 0 Å². The molecule has 0 aromatic rings. The Hall–Kier alpha value is -0.720. The van der Waals surface area contributed by atoms with Crippen molar-refractivity contribution in [1.82, 2.24) is 0 Å². The summed E-state index contributed by atoms with van der Waals surface area (Å²) in [7, 11) is 0. The van der Waals surface area contributed by atoms with Crippen LogP contribution in [-0.2, 0) is 4.74 Å². The Balaban J connectivity index is 2.33. The van der Waals surface area contributed by atoms with Gasteiger partial charge in [0.2, 0.25) is 0 Å². The summed E-state index contributed by atoms with van der Waals surface area (Å²) in [6.07, 6.45) is 6.44. The van der Waals surface area contributed by atoms with Crippen LogP contribution in [0.15, 0.2) is 23.5 Å². The maximum atomic E-state index is 7.79. The van der Waals surface area contributed by atoms with Crippen molar-refractivity contribution in [2.24, 2.45) is 0 Å². The van der Waals surface area contributed by atoms with E-state index in [2.05, 4.69) is 6.08 Å². The molecule has 1 nitrogen and oxygen atoms in total. The lowest BCUT2D eigenvalue weighted by atomic mass is 9.96. The van der Waals surface area contributed by atoms with Gasteiger partial charge in [0.15, 0.2) is 0 Å². The number of fused-ring (bicyclic) bond motifs is 1. The van der Waals surface area contributed by atoms with Crippen molar-refractivity contribution < 1.29 is 6.11 Å². The molecule has 1 heteroatoms. The third kappa shape index (κ3) is 1.32. The molecule has 0 N–H and O–H groups in total. The van der Waals surface area contributed by atoms with Gasteiger partial charge in [0.25, 0.3) is 0 Å². The molecule has 0 aromatic heterocycles. The molecule has 0 aromatic carbocycles. The molecule has 1 heterocycles. The molecule has 1 aliphatic heterocycles. The highest BCUT2D eigenvalue weighted by molar-refractivity contribution is 5.30. The molecule has 11 heavy (non-hydrogen) atoms. The molecule has 0 saturated carbocycles. The summed E-state index contributed by atoms with van der Waals surface area (Å²) in [5, 5.41) is 0. The minimum absolute atomic E-state index is 0.200. The van der Waals surface area contributed by atoms with Gasteiger partial charge in [-0.15, -0.1) is 0 Å². The molecular formula is C10H14O. The molecule has 1 atom stereocenters. The van der Waals surface area contributed by atoms with E-state index in [0.29, 0.717) is 0 Å². The molecule has 0 bridgehead atoms. The Kier molecular flexibility index (Phi) is 1.45. The van der Waals surface area contributed by atoms with Crippen molar-refractivity contribution in [2.75, 3.05) is 0 Å². The van der Waals surface area contributed by atoms with Gasteiger partial charge in [0.05, 0.1) is 7.47 Å². The zero-order valence-electron chi connectivity index (χ0n) is 7.89. The first-order valence-corrected chi connectivity index (χ1v) is 4.33. The lowest BCUT2D eigenvalue weighted by Crippen LogP contribution is -2.15. The fourth-order valence-corrected chi connectivity index (χ4v) is 1.58. The van der Waals surface area contributed by atoms with Gasteiger partial charge in [-0.05, 0) is 37.8 Å². The van der Waals surface area contributed by atoms with Gasteiger partial charge in [-0.3, -0.25) is 0 Å². The predicted octanol–water partition coefficient (Wildman–Crippen LogP) is 2.79. The van der Waals surface area contributed by atoms with Crippen LogP contribution in [0.4, 0.5) is 0 Å². The average molecular weight is 151 g/mol. The van der Waals surface area contributed by atoms with E-state index in [1.165, 1.54) is 6.42 Å². The van der Waals surface area contributed by atoms with Crippen molar-refractivity contribution in [2.45, 2.75) is 38.7 Å². The number of ether oxygens (including phenoxy) is 1. The van der Waals surface area contributed by atoms with E-state index in [9.17, 15) is 0 Å². The van der Waals surface area contributed by atoms with Gasteiger partial charge in [0.1, 0.15) is 5.76 Å². The van der Waals surface area contributed by atoms with E-state index in [-0.39, 0.29) is 6.10 Å². The maximum Gasteiger partial charge on any atom is 0.118 e. The molecule has 60 valence electrons. The average Bonchev–Trinajstić information content (AvgIpc) is 2.04. The van der Waals surface area contributed by atoms with Crippen LogP contribution in [0.25, 0.3) is 0 Å². The van der Waals surface area contributed by atoms with E-state index >= 15 is 0 Å². The van der Waals surface area contributed by atoms with Gasteiger partial charge in [-0.1, -0.05) is 6.05 Å². The predicted molar refractivity (Wildman–Crippen MR) is 45.2 cm³/mol. The Bertz CT molecular complexity index is 253. The monoisotopic (exact) mass is 151 g/mol. The van der Waals surface area contributed by atoms with Crippen molar-refractivity contribution in [3.05, 3.63) is 23.5 Å². The number of rotatable bonds is 0. The van der Waals surface area contributed by atoms with E-state index in [1.54, 1.807) is 0 Å². The molecule has 0 spiro atoms. The Labute approximate surface area is 69.2 Å². The molecule has 2 rings (SSSR count). The largest absolute Gasteiger partial charge is 0.490 e. The topological polar surface area (TPSA) is 9.23 Å². The molecular weight excluding hydrogens is 136 g/mol. The van der Waals surface area contributed by atoms with Crippen LogP contribution in [0, 0.1) is 0 Å². The van der Waals surface area contributed by atoms with Gasteiger partial charge in [0, 0.05) is 6.42 Å². The summed E-state index contributed by atoms with van der Waals surface area (Å²) in [4.78, 5) is 0. The van der Waals surface area contributed by atoms with E-state index in [4.69, 9.17) is 6.11 Å². The van der Waals surface area contributed by atoms with E-state index in [0.717, 1.165) is 36.6 Å². The number of hydrogen-bond acceptors (Lipinski definition) is 1. The lowest BCUT2D eigenvalue weighted by Gasteiger charge is -2.26. The van der Waals surface area contributed by atoms with E-state index < -0.39 is 0 Å². The van der Waals surface area contributed by atoms with E-state index in [1.807, 2.05) is 6.92 Å². The normalized spacial score (nSPS) is 31.9. The van der Waals surface area contributed by atoms with Gasteiger partial charge < -0.3 is 4.74 Å². The first kappa shape index (κ1) is 5.87. The third-order valence-electron chi connectivity index (χ3n) is 2.19. The second kappa shape index (κ2) is 2.72. The zero-order valence-corrected chi connectivity index (χ0v) is 6.89. The fraction of sp³-hybridized carbons (Fsp3) is 0.600. The van der Waals surface area contributed by atoms with Crippen LogP contribution in [0.1, 0.15) is 34.0 Å². The smallest absolute Gasteiger partial charge is 0.118 e. The number of allylic oxidation sites excluding steroid dienone is 2. The van der Waals surface area contributed by atoms with Crippen LogP contribution in [-0.4, -0.2) is 6.10 Å². The molecule has 0 radical (unpaired) electrons. The molecule has 1 aliphatic carbocycles. The highest BCUT2D eigenvalue weighted by Gasteiger charge is 2.17. The van der Waals surface area contributed by atoms with Crippen molar-refractivity contribution >= 4 is 0 Å². The summed E-state index contributed by atoms with van der Waals surface area (Å²) in [5.41, 5.74) is 1.15. The summed E-state index contributed by atoms with van der Waals surface area (Å²) >= 11 is 0. The lowest BCUT2D eigenvalue weighted by molar-refractivity contribution is 0.127. The standard InChI is InChI=1S/C10H14O/c1-8-6-7-9-4-2-3-5-10(9)11-8/h5,7-8H,2-4,6H2,1H3/t8-/m1/s1/i7D. The number of hydrogen-bond donors (Lipinski definition) is 0. The van der Waals surface area contributed by atoms with Crippen LogP contribution >= 0.6 is 0 Å². The van der Waals surface area contributed by atoms with Crippen LogP contribution in [0.3, 0.4) is 0 Å². The first-order chi connectivity index (χ1) is 5.77. The zero-order chi connectivity index (χ0) is 8.55. The first-order valence-electron chi connectivity index (χ1n) is 4.83. The molecule has 0 amide bonds. The summed E-state index contributed by atoms with van der Waals surface area (Å²) < 4.78 is 13.4. The summed E-state index contributed by atoms with van der Waals surface area (Å²) in [6.45, 7) is 2.03. The SMILES string of the molecule is [2H]C1=C2CCCC=C2O[C@H](C)C1. The minimum atomic E-state index is 0.200. The van der Waals surface area contributed by atoms with Gasteiger partial charge in [-0.25, -0.2) is 0 Å². The minimum Gasteiger partial charge on any atom is -0.490 e. The quantitative estimate of drug-likeness (QED) is 0.517. The molecule has 0 fully saturated rings. The highest BCUT2D eigenvalue weighted by Crippen LogP contribution is 2.30. The van der Waals surface area contributed by atoms with Crippen molar-refractivity contribution in [3.8, 4) is 0 Å². The molecule has 2 aliphatic rings.